The molecule has 0 unspecified atom stereocenters. The number of nitrogens with one attached hydrogen (secondary N) is 1. The maximum atomic E-state index is 13.0. The third kappa shape index (κ3) is 4.66. The second-order valence-electron chi connectivity index (χ2n) is 7.58. The quantitative estimate of drug-likeness (QED) is 0.620. The Bertz CT molecular complexity index is 1000. The molecule has 1 fully saturated rings. The Morgan fingerprint density at radius 1 is 0.900 bits per heavy atom. The summed E-state index contributed by atoms with van der Waals surface area (Å²) in [5.74, 6) is 0.0228. The summed E-state index contributed by atoms with van der Waals surface area (Å²) < 4.78 is 0. The van der Waals surface area contributed by atoms with E-state index in [1.54, 1.807) is 0 Å². The van der Waals surface area contributed by atoms with Crippen molar-refractivity contribution in [3.63, 3.8) is 0 Å². The lowest BCUT2D eigenvalue weighted by Gasteiger charge is -2.38. The molecule has 5 heteroatoms. The van der Waals surface area contributed by atoms with E-state index in [1.807, 2.05) is 67.6 Å². The third-order valence-corrected chi connectivity index (χ3v) is 5.92. The van der Waals surface area contributed by atoms with Gasteiger partial charge in [-0.1, -0.05) is 66.2 Å². The molecule has 154 valence electrons. The summed E-state index contributed by atoms with van der Waals surface area (Å²) in [6, 6.07) is 25.8. The minimum absolute atomic E-state index is 0.0228. The Morgan fingerprint density at radius 3 is 2.33 bits per heavy atom. The fourth-order valence-corrected chi connectivity index (χ4v) is 4.09. The second kappa shape index (κ2) is 9.33. The van der Waals surface area contributed by atoms with Gasteiger partial charge in [0.1, 0.15) is 0 Å². The van der Waals surface area contributed by atoms with Crippen molar-refractivity contribution in [3.8, 4) is 11.1 Å². The van der Waals surface area contributed by atoms with E-state index >= 15 is 0 Å². The van der Waals surface area contributed by atoms with Crippen LogP contribution < -0.4 is 10.2 Å². The molecule has 1 amide bonds. The van der Waals surface area contributed by atoms with Gasteiger partial charge in [0.05, 0.1) is 6.04 Å². The van der Waals surface area contributed by atoms with Gasteiger partial charge in [-0.15, -0.1) is 0 Å². The van der Waals surface area contributed by atoms with Crippen LogP contribution in [-0.2, 0) is 4.79 Å². The summed E-state index contributed by atoms with van der Waals surface area (Å²) in [6.07, 6.45) is 0. The molecule has 0 aromatic heterocycles. The first-order valence-electron chi connectivity index (χ1n) is 10.3. The van der Waals surface area contributed by atoms with Gasteiger partial charge in [0, 0.05) is 48.1 Å². The van der Waals surface area contributed by atoms with Crippen molar-refractivity contribution in [2.75, 3.05) is 36.4 Å². The SMILES string of the molecule is C[C@@H](C(=O)Nc1ccccc1-c1ccccc1)N1CCN(c2cccc(Cl)c2)CC1. The molecule has 1 heterocycles. The van der Waals surface area contributed by atoms with Gasteiger partial charge < -0.3 is 10.2 Å². The summed E-state index contributed by atoms with van der Waals surface area (Å²) in [7, 11) is 0. The highest BCUT2D eigenvalue weighted by Gasteiger charge is 2.26. The van der Waals surface area contributed by atoms with Crippen molar-refractivity contribution in [2.24, 2.45) is 0 Å². The molecule has 0 saturated carbocycles. The number of piperazine rings is 1. The van der Waals surface area contributed by atoms with Crippen LogP contribution in [0.15, 0.2) is 78.9 Å². The van der Waals surface area contributed by atoms with Crippen molar-refractivity contribution in [1.29, 1.82) is 0 Å². The molecule has 0 radical (unpaired) electrons. The Kier molecular flexibility index (Phi) is 6.36. The largest absolute Gasteiger partial charge is 0.369 e. The van der Waals surface area contributed by atoms with E-state index in [2.05, 4.69) is 33.3 Å². The van der Waals surface area contributed by atoms with Gasteiger partial charge in [-0.3, -0.25) is 9.69 Å². The van der Waals surface area contributed by atoms with E-state index in [-0.39, 0.29) is 11.9 Å². The predicted molar refractivity (Wildman–Crippen MR) is 125 cm³/mol. The molecule has 30 heavy (non-hydrogen) atoms. The maximum Gasteiger partial charge on any atom is 0.241 e. The van der Waals surface area contributed by atoms with E-state index in [1.165, 1.54) is 0 Å². The first-order chi connectivity index (χ1) is 14.6. The topological polar surface area (TPSA) is 35.6 Å². The molecule has 3 aromatic carbocycles. The number of para-hydroxylation sites is 1. The first-order valence-corrected chi connectivity index (χ1v) is 10.7. The van der Waals surface area contributed by atoms with E-state index < -0.39 is 0 Å². The number of nitrogens with zero attached hydrogens (tertiary/aromatic N) is 2. The number of rotatable bonds is 5. The zero-order valence-corrected chi connectivity index (χ0v) is 17.8. The highest BCUT2D eigenvalue weighted by molar-refractivity contribution is 6.30. The van der Waals surface area contributed by atoms with E-state index in [4.69, 9.17) is 11.6 Å². The number of carbonyl (C=O) groups excluding carboxylic acids is 1. The summed E-state index contributed by atoms with van der Waals surface area (Å²) in [5, 5.41) is 3.89. The highest BCUT2D eigenvalue weighted by Crippen LogP contribution is 2.28. The van der Waals surface area contributed by atoms with E-state index in [9.17, 15) is 4.79 Å². The van der Waals surface area contributed by atoms with Crippen LogP contribution in [0.4, 0.5) is 11.4 Å². The van der Waals surface area contributed by atoms with Crippen LogP contribution in [0.5, 0.6) is 0 Å². The van der Waals surface area contributed by atoms with E-state index in [0.717, 1.165) is 53.7 Å². The molecule has 3 aromatic rings. The van der Waals surface area contributed by atoms with Gasteiger partial charge in [0.25, 0.3) is 0 Å². The monoisotopic (exact) mass is 419 g/mol. The fraction of sp³-hybridized carbons (Fsp3) is 0.240. The summed E-state index contributed by atoms with van der Waals surface area (Å²) in [4.78, 5) is 17.6. The molecular weight excluding hydrogens is 394 g/mol. The van der Waals surface area contributed by atoms with Crippen LogP contribution in [0.25, 0.3) is 11.1 Å². The lowest BCUT2D eigenvalue weighted by atomic mass is 10.0. The van der Waals surface area contributed by atoms with Crippen LogP contribution in [0.2, 0.25) is 5.02 Å². The van der Waals surface area contributed by atoms with Gasteiger partial charge in [-0.05, 0) is 36.8 Å². The number of carbonyl (C=O) groups is 1. The van der Waals surface area contributed by atoms with Crippen LogP contribution >= 0.6 is 11.6 Å². The molecule has 0 aliphatic carbocycles. The molecule has 0 bridgehead atoms. The highest BCUT2D eigenvalue weighted by atomic mass is 35.5. The predicted octanol–water partition coefficient (Wildman–Crippen LogP) is 5.16. The molecular formula is C25H26ClN3O. The minimum atomic E-state index is -0.199. The van der Waals surface area contributed by atoms with Gasteiger partial charge in [-0.25, -0.2) is 0 Å². The summed E-state index contributed by atoms with van der Waals surface area (Å²) in [5.41, 5.74) is 4.11. The molecule has 1 saturated heterocycles. The Labute approximate surface area is 183 Å². The number of hydrogen-bond acceptors (Lipinski definition) is 3. The lowest BCUT2D eigenvalue weighted by Crippen LogP contribution is -2.52. The minimum Gasteiger partial charge on any atom is -0.369 e. The molecule has 4 rings (SSSR count). The van der Waals surface area contributed by atoms with Crippen molar-refractivity contribution in [3.05, 3.63) is 83.9 Å². The van der Waals surface area contributed by atoms with Crippen molar-refractivity contribution >= 4 is 28.9 Å². The van der Waals surface area contributed by atoms with Crippen LogP contribution in [0.1, 0.15) is 6.92 Å². The fourth-order valence-electron chi connectivity index (χ4n) is 3.90. The van der Waals surface area contributed by atoms with Crippen molar-refractivity contribution < 1.29 is 4.79 Å². The first kappa shape index (κ1) is 20.5. The van der Waals surface area contributed by atoms with Gasteiger partial charge in [0.15, 0.2) is 0 Å². The summed E-state index contributed by atoms with van der Waals surface area (Å²) >= 11 is 6.13. The Balaban J connectivity index is 1.40. The van der Waals surface area contributed by atoms with Crippen molar-refractivity contribution in [2.45, 2.75) is 13.0 Å². The molecule has 1 aliphatic rings. The zero-order valence-electron chi connectivity index (χ0n) is 17.1. The standard InChI is InChI=1S/C25H26ClN3O/c1-19(28-14-16-29(17-15-28)22-11-7-10-21(26)18-22)25(30)27-24-13-6-5-12-23(24)20-8-3-2-4-9-20/h2-13,18-19H,14-17H2,1H3,(H,27,30)/t19-/m0/s1. The molecule has 4 nitrogen and oxygen atoms in total. The molecule has 0 spiro atoms. The average Bonchev–Trinajstić information content (AvgIpc) is 2.79. The van der Waals surface area contributed by atoms with E-state index in [0.29, 0.717) is 0 Å². The number of amides is 1. The number of anilines is 2. The van der Waals surface area contributed by atoms with Crippen LogP contribution in [0.3, 0.4) is 0 Å². The smallest absolute Gasteiger partial charge is 0.241 e. The molecule has 1 aliphatic heterocycles. The third-order valence-electron chi connectivity index (χ3n) is 5.68. The number of benzene rings is 3. The molecule has 1 N–H and O–H groups in total. The Hall–Kier alpha value is -2.82. The average molecular weight is 420 g/mol. The summed E-state index contributed by atoms with van der Waals surface area (Å²) in [6.45, 7) is 5.40. The van der Waals surface area contributed by atoms with Crippen LogP contribution in [-0.4, -0.2) is 43.0 Å². The van der Waals surface area contributed by atoms with Crippen LogP contribution in [0, 0.1) is 0 Å². The number of halogens is 1. The van der Waals surface area contributed by atoms with Gasteiger partial charge in [-0.2, -0.15) is 0 Å². The second-order valence-corrected chi connectivity index (χ2v) is 8.02. The van der Waals surface area contributed by atoms with Gasteiger partial charge >= 0.3 is 0 Å². The normalized spacial score (nSPS) is 15.6. The molecule has 1 atom stereocenters. The number of hydrogen-bond donors (Lipinski definition) is 1. The van der Waals surface area contributed by atoms with Gasteiger partial charge in [0.2, 0.25) is 5.91 Å². The Morgan fingerprint density at radius 2 is 1.60 bits per heavy atom. The lowest BCUT2D eigenvalue weighted by molar-refractivity contribution is -0.120. The zero-order chi connectivity index (χ0) is 20.9. The maximum absolute atomic E-state index is 13.0. The van der Waals surface area contributed by atoms with Crippen molar-refractivity contribution in [1.82, 2.24) is 4.90 Å².